The highest BCUT2D eigenvalue weighted by Crippen LogP contribution is 2.26. The van der Waals surface area contributed by atoms with Gasteiger partial charge in [-0.2, -0.15) is 0 Å². The smallest absolute Gasteiger partial charge is 0.322 e. The van der Waals surface area contributed by atoms with Crippen LogP contribution < -0.4 is 10.5 Å². The van der Waals surface area contributed by atoms with Crippen molar-refractivity contribution in [2.24, 2.45) is 5.73 Å². The minimum atomic E-state index is -0.639. The summed E-state index contributed by atoms with van der Waals surface area (Å²) in [7, 11) is 1.34. The Hall–Kier alpha value is -3.11. The van der Waals surface area contributed by atoms with E-state index in [2.05, 4.69) is 4.74 Å². The van der Waals surface area contributed by atoms with Crippen molar-refractivity contribution in [2.45, 2.75) is 12.5 Å². The van der Waals surface area contributed by atoms with Crippen LogP contribution in [0, 0.1) is 0 Å². The fourth-order valence-corrected chi connectivity index (χ4v) is 2.66. The first-order chi connectivity index (χ1) is 12.7. The van der Waals surface area contributed by atoms with Gasteiger partial charge in [0.1, 0.15) is 17.5 Å². The third-order valence-corrected chi connectivity index (χ3v) is 4.08. The lowest BCUT2D eigenvalue weighted by molar-refractivity contribution is -0.142. The Morgan fingerprint density at radius 1 is 0.846 bits per heavy atom. The molecule has 0 bridgehead atoms. The molecule has 2 N–H and O–H groups in total. The normalized spacial score (nSPS) is 11.6. The molecule has 0 heterocycles. The molecule has 4 heteroatoms. The summed E-state index contributed by atoms with van der Waals surface area (Å²) in [6.07, 6.45) is 0.455. The van der Waals surface area contributed by atoms with Crippen LogP contribution in [0.25, 0.3) is 11.1 Å². The number of carbonyl (C=O) groups is 1. The van der Waals surface area contributed by atoms with Gasteiger partial charge >= 0.3 is 5.97 Å². The van der Waals surface area contributed by atoms with Gasteiger partial charge in [-0.15, -0.1) is 0 Å². The molecule has 3 rings (SSSR count). The van der Waals surface area contributed by atoms with E-state index in [0.717, 1.165) is 28.2 Å². The maximum absolute atomic E-state index is 11.4. The van der Waals surface area contributed by atoms with E-state index in [1.165, 1.54) is 7.11 Å². The van der Waals surface area contributed by atoms with E-state index in [9.17, 15) is 4.79 Å². The fraction of sp³-hybridized carbons (Fsp3) is 0.136. The Bertz CT molecular complexity index is 843. The van der Waals surface area contributed by atoms with Crippen LogP contribution in [0.4, 0.5) is 0 Å². The van der Waals surface area contributed by atoms with Gasteiger partial charge in [0.15, 0.2) is 0 Å². The summed E-state index contributed by atoms with van der Waals surface area (Å²) in [5.41, 5.74) is 8.98. The summed E-state index contributed by atoms with van der Waals surface area (Å²) >= 11 is 0. The minimum Gasteiger partial charge on any atom is -0.468 e. The summed E-state index contributed by atoms with van der Waals surface area (Å²) in [5.74, 6) is 1.20. The second-order valence-corrected chi connectivity index (χ2v) is 5.97. The highest BCUT2D eigenvalue weighted by atomic mass is 16.5. The average Bonchev–Trinajstić information content (AvgIpc) is 2.69. The quantitative estimate of drug-likeness (QED) is 0.679. The molecule has 0 radical (unpaired) electrons. The molecule has 0 amide bonds. The largest absolute Gasteiger partial charge is 0.468 e. The van der Waals surface area contributed by atoms with Gasteiger partial charge in [0.05, 0.1) is 7.11 Å². The van der Waals surface area contributed by atoms with Crippen molar-refractivity contribution in [3.8, 4) is 22.6 Å². The molecule has 3 aromatic carbocycles. The average molecular weight is 347 g/mol. The van der Waals surface area contributed by atoms with Crippen LogP contribution in [0.1, 0.15) is 5.56 Å². The maximum Gasteiger partial charge on any atom is 0.322 e. The molecule has 132 valence electrons. The van der Waals surface area contributed by atoms with E-state index >= 15 is 0 Å². The lowest BCUT2D eigenvalue weighted by atomic mass is 10.0. The number of hydrogen-bond donors (Lipinski definition) is 1. The van der Waals surface area contributed by atoms with E-state index in [4.69, 9.17) is 10.5 Å². The Balaban J connectivity index is 1.66. The second-order valence-electron chi connectivity index (χ2n) is 5.97. The van der Waals surface area contributed by atoms with E-state index in [0.29, 0.717) is 6.42 Å². The Kier molecular flexibility index (Phi) is 5.66. The molecule has 0 aliphatic carbocycles. The van der Waals surface area contributed by atoms with Crippen molar-refractivity contribution < 1.29 is 14.3 Å². The maximum atomic E-state index is 11.4. The molecule has 3 aromatic rings. The van der Waals surface area contributed by atoms with Gasteiger partial charge in [0, 0.05) is 0 Å². The van der Waals surface area contributed by atoms with E-state index in [1.807, 2.05) is 78.9 Å². The van der Waals surface area contributed by atoms with Gasteiger partial charge in [-0.1, -0.05) is 54.6 Å². The monoisotopic (exact) mass is 347 g/mol. The summed E-state index contributed by atoms with van der Waals surface area (Å²) in [4.78, 5) is 11.4. The molecule has 0 unspecified atom stereocenters. The lowest BCUT2D eigenvalue weighted by Gasteiger charge is -2.10. The Morgan fingerprint density at radius 3 is 1.96 bits per heavy atom. The van der Waals surface area contributed by atoms with Crippen molar-refractivity contribution in [1.82, 2.24) is 0 Å². The number of para-hydroxylation sites is 1. The van der Waals surface area contributed by atoms with Crippen molar-refractivity contribution in [2.75, 3.05) is 7.11 Å². The third-order valence-electron chi connectivity index (χ3n) is 4.08. The fourth-order valence-electron chi connectivity index (χ4n) is 2.66. The molecule has 0 aliphatic rings. The molecular weight excluding hydrogens is 326 g/mol. The standard InChI is InChI=1S/C22H21NO3/c1-25-22(24)21(23)15-16-7-9-17(10-8-16)18-11-13-20(14-12-18)26-19-5-3-2-4-6-19/h2-14,21H,15,23H2,1H3/t21-/m0/s1. The number of rotatable bonds is 6. The first kappa shape index (κ1) is 17.7. The predicted molar refractivity (Wildman–Crippen MR) is 102 cm³/mol. The topological polar surface area (TPSA) is 61.5 Å². The number of ether oxygens (including phenoxy) is 2. The van der Waals surface area contributed by atoms with Crippen molar-refractivity contribution >= 4 is 5.97 Å². The third kappa shape index (κ3) is 4.49. The van der Waals surface area contributed by atoms with E-state index in [-0.39, 0.29) is 0 Å². The van der Waals surface area contributed by atoms with Crippen LogP contribution >= 0.6 is 0 Å². The SMILES string of the molecule is COC(=O)[C@@H](N)Cc1ccc(-c2ccc(Oc3ccccc3)cc2)cc1. The number of nitrogens with two attached hydrogens (primary N) is 1. The van der Waals surface area contributed by atoms with Crippen LogP contribution in [-0.4, -0.2) is 19.1 Å². The zero-order chi connectivity index (χ0) is 18.4. The van der Waals surface area contributed by atoms with E-state index in [1.54, 1.807) is 0 Å². The molecule has 0 fully saturated rings. The Morgan fingerprint density at radius 2 is 1.38 bits per heavy atom. The van der Waals surface area contributed by atoms with Gasteiger partial charge in [0.25, 0.3) is 0 Å². The molecule has 0 saturated carbocycles. The Labute approximate surface area is 153 Å². The van der Waals surface area contributed by atoms with Gasteiger partial charge in [-0.3, -0.25) is 4.79 Å². The van der Waals surface area contributed by atoms with Crippen LogP contribution in [0.15, 0.2) is 78.9 Å². The van der Waals surface area contributed by atoms with Gasteiger partial charge < -0.3 is 15.2 Å². The molecule has 0 aromatic heterocycles. The molecule has 1 atom stereocenters. The highest BCUT2D eigenvalue weighted by molar-refractivity contribution is 5.75. The first-order valence-electron chi connectivity index (χ1n) is 8.41. The van der Waals surface area contributed by atoms with Gasteiger partial charge in [-0.25, -0.2) is 0 Å². The number of methoxy groups -OCH3 is 1. The lowest BCUT2D eigenvalue weighted by Crippen LogP contribution is -2.33. The van der Waals surface area contributed by atoms with Crippen LogP contribution in [0.2, 0.25) is 0 Å². The summed E-state index contributed by atoms with van der Waals surface area (Å²) < 4.78 is 10.5. The molecule has 26 heavy (non-hydrogen) atoms. The molecule has 0 saturated heterocycles. The summed E-state index contributed by atoms with van der Waals surface area (Å²) in [6.45, 7) is 0. The van der Waals surface area contributed by atoms with Crippen LogP contribution in [0.5, 0.6) is 11.5 Å². The van der Waals surface area contributed by atoms with Gasteiger partial charge in [-0.05, 0) is 47.4 Å². The van der Waals surface area contributed by atoms with Gasteiger partial charge in [0.2, 0.25) is 0 Å². The van der Waals surface area contributed by atoms with Crippen molar-refractivity contribution in [3.05, 3.63) is 84.4 Å². The number of esters is 1. The number of carbonyl (C=O) groups excluding carboxylic acids is 1. The molecule has 4 nitrogen and oxygen atoms in total. The number of benzene rings is 3. The molecule has 0 spiro atoms. The number of hydrogen-bond acceptors (Lipinski definition) is 4. The second kappa shape index (κ2) is 8.32. The summed E-state index contributed by atoms with van der Waals surface area (Å²) in [5, 5.41) is 0. The zero-order valence-electron chi connectivity index (χ0n) is 14.6. The summed E-state index contributed by atoms with van der Waals surface area (Å²) in [6, 6.07) is 25.0. The molecular formula is C22H21NO3. The van der Waals surface area contributed by atoms with Crippen LogP contribution in [-0.2, 0) is 16.0 Å². The zero-order valence-corrected chi connectivity index (χ0v) is 14.6. The van der Waals surface area contributed by atoms with E-state index < -0.39 is 12.0 Å². The van der Waals surface area contributed by atoms with Crippen molar-refractivity contribution in [1.29, 1.82) is 0 Å². The predicted octanol–water partition coefficient (Wildman–Crippen LogP) is 4.19. The molecule has 0 aliphatic heterocycles. The first-order valence-corrected chi connectivity index (χ1v) is 8.41. The highest BCUT2D eigenvalue weighted by Gasteiger charge is 2.14. The minimum absolute atomic E-state index is 0.400. The van der Waals surface area contributed by atoms with Crippen LogP contribution in [0.3, 0.4) is 0 Å². The van der Waals surface area contributed by atoms with Crippen molar-refractivity contribution in [3.63, 3.8) is 0 Å².